The number of hydrogen-bond donors (Lipinski definition) is 1. The number of aryl methyl sites for hydroxylation is 1. The Labute approximate surface area is 212 Å². The number of halogens is 1. The molecule has 1 N–H and O–H groups in total. The summed E-state index contributed by atoms with van der Waals surface area (Å²) in [6.07, 6.45) is 9.93. The molecule has 0 atom stereocenters. The highest BCUT2D eigenvalue weighted by molar-refractivity contribution is 7.81. The SMILES string of the molecule is C#Cc1ccc2c(c1)[nH]c1c2c(=O)c2cc(OC)c(-c3cncc(OS(=O)(=O)F)c3)cc2n1CCCC. The quantitative estimate of drug-likeness (QED) is 0.238. The Morgan fingerprint density at radius 3 is 2.68 bits per heavy atom. The second-order valence-electron chi connectivity index (χ2n) is 8.54. The number of nitrogens with zero attached hydrogens (tertiary/aromatic N) is 2. The molecule has 5 aromatic rings. The van der Waals surface area contributed by atoms with E-state index in [9.17, 15) is 17.1 Å². The molecule has 0 aliphatic carbocycles. The van der Waals surface area contributed by atoms with Gasteiger partial charge in [-0.15, -0.1) is 6.42 Å². The molecule has 0 amide bonds. The van der Waals surface area contributed by atoms with E-state index in [1.165, 1.54) is 19.4 Å². The van der Waals surface area contributed by atoms with Crippen molar-refractivity contribution in [1.29, 1.82) is 0 Å². The number of terminal acetylenes is 1. The molecule has 2 aromatic carbocycles. The van der Waals surface area contributed by atoms with Gasteiger partial charge in [0.2, 0.25) is 0 Å². The summed E-state index contributed by atoms with van der Waals surface area (Å²) in [6.45, 7) is 2.71. The summed E-state index contributed by atoms with van der Waals surface area (Å²) in [5, 5.41) is 1.79. The molecule has 10 heteroatoms. The van der Waals surface area contributed by atoms with Crippen LogP contribution in [0.15, 0.2) is 53.6 Å². The number of hydrogen-bond acceptors (Lipinski definition) is 6. The minimum atomic E-state index is -5.22. The number of pyridine rings is 2. The van der Waals surface area contributed by atoms with E-state index in [1.807, 2.05) is 16.7 Å². The summed E-state index contributed by atoms with van der Waals surface area (Å²) in [4.78, 5) is 21.2. The number of nitrogens with one attached hydrogen (secondary N) is 1. The third kappa shape index (κ3) is 4.38. The molecule has 0 aliphatic rings. The lowest BCUT2D eigenvalue weighted by Crippen LogP contribution is -2.12. The Balaban J connectivity index is 1.84. The molecule has 37 heavy (non-hydrogen) atoms. The van der Waals surface area contributed by atoms with Gasteiger partial charge in [-0.3, -0.25) is 9.78 Å². The van der Waals surface area contributed by atoms with Crippen LogP contribution in [-0.4, -0.2) is 30.1 Å². The van der Waals surface area contributed by atoms with Crippen molar-refractivity contribution in [2.75, 3.05) is 7.11 Å². The third-order valence-corrected chi connectivity index (χ3v) is 6.64. The summed E-state index contributed by atoms with van der Waals surface area (Å²) >= 11 is 0. The molecule has 3 heterocycles. The monoisotopic (exact) mass is 519 g/mol. The van der Waals surface area contributed by atoms with Crippen molar-refractivity contribution in [3.8, 4) is 35.0 Å². The van der Waals surface area contributed by atoms with Crippen molar-refractivity contribution in [3.05, 3.63) is 64.6 Å². The highest BCUT2D eigenvalue weighted by atomic mass is 32.3. The lowest BCUT2D eigenvalue weighted by Gasteiger charge is -2.16. The van der Waals surface area contributed by atoms with Gasteiger partial charge in [0.05, 0.1) is 29.6 Å². The van der Waals surface area contributed by atoms with E-state index in [2.05, 4.69) is 27.0 Å². The Bertz CT molecular complexity index is 1900. The Hall–Kier alpha value is -4.36. The lowest BCUT2D eigenvalue weighted by atomic mass is 10.0. The van der Waals surface area contributed by atoms with E-state index in [0.717, 1.165) is 29.9 Å². The van der Waals surface area contributed by atoms with Gasteiger partial charge < -0.3 is 18.5 Å². The lowest BCUT2D eigenvalue weighted by molar-refractivity contribution is 0.417. The molecule has 5 rings (SSSR count). The number of rotatable bonds is 7. The zero-order valence-corrected chi connectivity index (χ0v) is 20.9. The van der Waals surface area contributed by atoms with Gasteiger partial charge in [-0.25, -0.2) is 0 Å². The van der Waals surface area contributed by atoms with E-state index in [1.54, 1.807) is 18.2 Å². The highest BCUT2D eigenvalue weighted by Gasteiger charge is 2.20. The molecule has 3 aromatic heterocycles. The summed E-state index contributed by atoms with van der Waals surface area (Å²) in [7, 11) is -3.76. The number of aromatic amines is 1. The summed E-state index contributed by atoms with van der Waals surface area (Å²) in [5.41, 5.74) is 3.56. The van der Waals surface area contributed by atoms with Gasteiger partial charge in [0, 0.05) is 40.3 Å². The van der Waals surface area contributed by atoms with Crippen LogP contribution in [0.5, 0.6) is 11.5 Å². The van der Waals surface area contributed by atoms with Gasteiger partial charge in [0.1, 0.15) is 11.4 Å². The van der Waals surface area contributed by atoms with Crippen molar-refractivity contribution in [1.82, 2.24) is 14.5 Å². The maximum absolute atomic E-state index is 13.8. The first kappa shape index (κ1) is 24.3. The summed E-state index contributed by atoms with van der Waals surface area (Å²) in [5.74, 6) is 2.69. The summed E-state index contributed by atoms with van der Waals surface area (Å²) in [6, 6.07) is 10.3. The molecule has 0 radical (unpaired) electrons. The standard InChI is InChI=1S/C27H22FN3O5S/c1-4-6-9-31-23-12-20(17-11-18(15-29-14-17)36-37(28,33)34)24(35-3)13-21(23)26(32)25-19-8-7-16(5-2)10-22(19)30-27(25)31/h2,7-8,10-15,30H,4,6,9H2,1,3H3. The van der Waals surface area contributed by atoms with Crippen molar-refractivity contribution in [2.45, 2.75) is 26.3 Å². The molecule has 0 fully saturated rings. The number of aromatic nitrogens is 3. The third-order valence-electron chi connectivity index (χ3n) is 6.25. The number of fused-ring (bicyclic) bond motifs is 4. The second-order valence-corrected chi connectivity index (χ2v) is 9.50. The molecule has 0 bridgehead atoms. The van der Waals surface area contributed by atoms with E-state index in [-0.39, 0.29) is 11.2 Å². The number of methoxy groups -OCH3 is 1. The topological polar surface area (TPSA) is 103 Å². The van der Waals surface area contributed by atoms with Gasteiger partial charge in [-0.05, 0) is 36.8 Å². The van der Waals surface area contributed by atoms with Crippen LogP contribution in [0, 0.1) is 12.3 Å². The fourth-order valence-corrected chi connectivity index (χ4v) is 4.92. The van der Waals surface area contributed by atoms with E-state index in [0.29, 0.717) is 50.9 Å². The molecule has 0 unspecified atom stereocenters. The normalized spacial score (nSPS) is 11.7. The predicted molar refractivity (Wildman–Crippen MR) is 141 cm³/mol. The van der Waals surface area contributed by atoms with Gasteiger partial charge in [0.25, 0.3) is 0 Å². The van der Waals surface area contributed by atoms with Crippen molar-refractivity contribution in [2.24, 2.45) is 0 Å². The fraction of sp³-hybridized carbons (Fsp3) is 0.185. The first-order valence-corrected chi connectivity index (χ1v) is 12.8. The molecule has 188 valence electrons. The molecular weight excluding hydrogens is 497 g/mol. The Morgan fingerprint density at radius 2 is 1.97 bits per heavy atom. The number of ether oxygens (including phenoxy) is 1. The zero-order valence-electron chi connectivity index (χ0n) is 20.0. The molecule has 0 aliphatic heterocycles. The molecule has 0 spiro atoms. The molecule has 8 nitrogen and oxygen atoms in total. The van der Waals surface area contributed by atoms with Crippen LogP contribution in [0.1, 0.15) is 25.3 Å². The smallest absolute Gasteiger partial charge is 0.488 e. The van der Waals surface area contributed by atoms with E-state index < -0.39 is 10.5 Å². The van der Waals surface area contributed by atoms with Crippen molar-refractivity contribution in [3.63, 3.8) is 0 Å². The van der Waals surface area contributed by atoms with Gasteiger partial charge in [-0.2, -0.15) is 8.42 Å². The first-order chi connectivity index (χ1) is 17.7. The van der Waals surface area contributed by atoms with Crippen LogP contribution >= 0.6 is 0 Å². The minimum Gasteiger partial charge on any atom is -0.496 e. The van der Waals surface area contributed by atoms with E-state index >= 15 is 0 Å². The molecular formula is C27H22FN3O5S. The average Bonchev–Trinajstić information content (AvgIpc) is 3.26. The van der Waals surface area contributed by atoms with Crippen LogP contribution in [0.25, 0.3) is 44.0 Å². The minimum absolute atomic E-state index is 0.166. The number of benzene rings is 2. The maximum Gasteiger partial charge on any atom is 0.488 e. The van der Waals surface area contributed by atoms with Crippen LogP contribution in [0.2, 0.25) is 0 Å². The van der Waals surface area contributed by atoms with Gasteiger partial charge in [-0.1, -0.05) is 29.2 Å². The Kier molecular flexibility index (Phi) is 6.09. The first-order valence-electron chi connectivity index (χ1n) is 11.5. The fourth-order valence-electron chi connectivity index (χ4n) is 4.60. The zero-order chi connectivity index (χ0) is 26.3. The van der Waals surface area contributed by atoms with Crippen molar-refractivity contribution < 1.29 is 21.2 Å². The largest absolute Gasteiger partial charge is 0.496 e. The predicted octanol–water partition coefficient (Wildman–Crippen LogP) is 5.08. The highest BCUT2D eigenvalue weighted by Crippen LogP contribution is 2.36. The maximum atomic E-state index is 13.8. The van der Waals surface area contributed by atoms with Crippen molar-refractivity contribution >= 4 is 43.3 Å². The van der Waals surface area contributed by atoms with Crippen LogP contribution in [-0.2, 0) is 17.0 Å². The Morgan fingerprint density at radius 1 is 1.16 bits per heavy atom. The van der Waals surface area contributed by atoms with Crippen LogP contribution in [0.4, 0.5) is 3.89 Å². The molecule has 0 saturated carbocycles. The number of H-pyrrole nitrogens is 1. The average molecular weight is 520 g/mol. The van der Waals surface area contributed by atoms with Gasteiger partial charge in [0.15, 0.2) is 11.2 Å². The summed E-state index contributed by atoms with van der Waals surface area (Å²) < 4.78 is 47.1. The van der Waals surface area contributed by atoms with Crippen LogP contribution < -0.4 is 14.3 Å². The van der Waals surface area contributed by atoms with Gasteiger partial charge >= 0.3 is 10.5 Å². The molecule has 0 saturated heterocycles. The second kappa shape index (κ2) is 9.26. The van der Waals surface area contributed by atoms with Crippen LogP contribution in [0.3, 0.4) is 0 Å². The van der Waals surface area contributed by atoms with E-state index in [4.69, 9.17) is 11.2 Å². The number of unbranched alkanes of at least 4 members (excludes halogenated alkanes) is 1.